The van der Waals surface area contributed by atoms with Crippen LogP contribution in [0.4, 0.5) is 0 Å². The summed E-state index contributed by atoms with van der Waals surface area (Å²) in [5.74, 6) is 2.00. The van der Waals surface area contributed by atoms with Gasteiger partial charge in [0.05, 0.1) is 25.5 Å². The number of benzene rings is 2. The number of methoxy groups -OCH3 is 1. The number of aromatic nitrogens is 3. The van der Waals surface area contributed by atoms with Gasteiger partial charge in [0.25, 0.3) is 0 Å². The maximum absolute atomic E-state index is 13.1. The summed E-state index contributed by atoms with van der Waals surface area (Å²) < 4.78 is 13.2. The third-order valence-corrected chi connectivity index (χ3v) is 6.73. The lowest BCUT2D eigenvalue weighted by atomic mass is 9.97. The van der Waals surface area contributed by atoms with Crippen LogP contribution in [0.1, 0.15) is 39.9 Å². The molecule has 2 aromatic carbocycles. The number of ketones is 1. The minimum Gasteiger partial charge on any atom is -0.497 e. The highest BCUT2D eigenvalue weighted by molar-refractivity contribution is 7.99. The Kier molecular flexibility index (Phi) is 6.96. The topological polar surface area (TPSA) is 66.2 Å². The highest BCUT2D eigenvalue weighted by Gasteiger charge is 2.23. The molecule has 32 heavy (non-hydrogen) atoms. The van der Waals surface area contributed by atoms with Gasteiger partial charge in [-0.1, -0.05) is 29.5 Å². The summed E-state index contributed by atoms with van der Waals surface area (Å²) in [6, 6.07) is 11.9. The first kappa shape index (κ1) is 22.6. The van der Waals surface area contributed by atoms with Crippen molar-refractivity contribution >= 4 is 17.5 Å². The second-order valence-corrected chi connectivity index (χ2v) is 9.21. The van der Waals surface area contributed by atoms with Gasteiger partial charge in [0, 0.05) is 17.7 Å². The number of rotatable bonds is 8. The fraction of sp³-hybridized carbons (Fsp3) is 0.400. The average molecular weight is 452 g/mol. The minimum absolute atomic E-state index is 0.114. The van der Waals surface area contributed by atoms with Crippen LogP contribution in [0.5, 0.6) is 5.75 Å². The summed E-state index contributed by atoms with van der Waals surface area (Å²) in [6.45, 7) is 7.52. The lowest BCUT2D eigenvalue weighted by Gasteiger charge is -2.15. The quantitative estimate of drug-likeness (QED) is 0.353. The molecule has 0 amide bonds. The van der Waals surface area contributed by atoms with Crippen LogP contribution >= 0.6 is 11.8 Å². The molecule has 4 rings (SSSR count). The number of ether oxygens (including phenoxy) is 2. The molecular formula is C25H29N3O3S. The molecule has 1 fully saturated rings. The molecule has 1 unspecified atom stereocenters. The van der Waals surface area contributed by atoms with E-state index in [-0.39, 0.29) is 11.9 Å². The van der Waals surface area contributed by atoms with Crippen LogP contribution in [0.2, 0.25) is 0 Å². The van der Waals surface area contributed by atoms with Crippen molar-refractivity contribution in [2.75, 3.05) is 19.5 Å². The zero-order valence-corrected chi connectivity index (χ0v) is 19.9. The SMILES string of the molecule is COc1ccc(-c2nnc(SCC(=O)c3c(C)cc(C)cc3C)n2CC2CCCO2)cc1. The van der Waals surface area contributed by atoms with Crippen molar-refractivity contribution in [3.63, 3.8) is 0 Å². The molecule has 0 saturated carbocycles. The number of hydrogen-bond donors (Lipinski definition) is 0. The highest BCUT2D eigenvalue weighted by Crippen LogP contribution is 2.29. The van der Waals surface area contributed by atoms with Crippen molar-refractivity contribution in [2.45, 2.75) is 51.4 Å². The Bertz CT molecular complexity index is 1080. The third kappa shape index (κ3) is 4.89. The van der Waals surface area contributed by atoms with Gasteiger partial charge in [-0.05, 0) is 69.0 Å². The van der Waals surface area contributed by atoms with Gasteiger partial charge in [0.15, 0.2) is 16.8 Å². The van der Waals surface area contributed by atoms with Gasteiger partial charge in [-0.15, -0.1) is 10.2 Å². The molecule has 0 bridgehead atoms. The Labute approximate surface area is 193 Å². The normalized spacial score (nSPS) is 15.8. The molecular weight excluding hydrogens is 422 g/mol. The van der Waals surface area contributed by atoms with E-state index in [0.717, 1.165) is 58.4 Å². The Morgan fingerprint density at radius 2 is 1.88 bits per heavy atom. The Morgan fingerprint density at radius 1 is 1.16 bits per heavy atom. The number of nitrogens with zero attached hydrogens (tertiary/aromatic N) is 3. The van der Waals surface area contributed by atoms with Crippen molar-refractivity contribution in [2.24, 2.45) is 0 Å². The fourth-order valence-electron chi connectivity index (χ4n) is 4.33. The summed E-state index contributed by atoms with van der Waals surface area (Å²) in [5.41, 5.74) is 4.98. The van der Waals surface area contributed by atoms with Gasteiger partial charge in [0.2, 0.25) is 0 Å². The van der Waals surface area contributed by atoms with E-state index in [0.29, 0.717) is 12.3 Å². The molecule has 7 heteroatoms. The lowest BCUT2D eigenvalue weighted by Crippen LogP contribution is -2.17. The van der Waals surface area contributed by atoms with Gasteiger partial charge >= 0.3 is 0 Å². The fourth-order valence-corrected chi connectivity index (χ4v) is 5.15. The zero-order chi connectivity index (χ0) is 22.7. The molecule has 0 radical (unpaired) electrons. The van der Waals surface area contributed by atoms with Gasteiger partial charge < -0.3 is 9.47 Å². The predicted octanol–water partition coefficient (Wildman–Crippen LogP) is 5.03. The van der Waals surface area contributed by atoms with E-state index in [2.05, 4.69) is 33.8 Å². The maximum Gasteiger partial charge on any atom is 0.192 e. The van der Waals surface area contributed by atoms with Crippen LogP contribution in [-0.4, -0.2) is 46.1 Å². The molecule has 0 N–H and O–H groups in total. The smallest absolute Gasteiger partial charge is 0.192 e. The summed E-state index contributed by atoms with van der Waals surface area (Å²) >= 11 is 1.44. The Balaban J connectivity index is 1.58. The average Bonchev–Trinajstić information content (AvgIpc) is 3.42. The van der Waals surface area contributed by atoms with Crippen LogP contribution in [0, 0.1) is 20.8 Å². The van der Waals surface area contributed by atoms with E-state index >= 15 is 0 Å². The zero-order valence-electron chi connectivity index (χ0n) is 19.1. The van der Waals surface area contributed by atoms with Gasteiger partial charge in [0.1, 0.15) is 5.75 Å². The Morgan fingerprint density at radius 3 is 2.50 bits per heavy atom. The number of Topliss-reactive ketones (excluding diaryl/α,β-unsaturated/α-hetero) is 1. The van der Waals surface area contributed by atoms with Crippen molar-refractivity contribution in [1.82, 2.24) is 14.8 Å². The first-order valence-electron chi connectivity index (χ1n) is 10.9. The van der Waals surface area contributed by atoms with Crippen LogP contribution in [-0.2, 0) is 11.3 Å². The predicted molar refractivity (Wildman–Crippen MR) is 127 cm³/mol. The van der Waals surface area contributed by atoms with Crippen molar-refractivity contribution in [3.8, 4) is 17.1 Å². The van der Waals surface area contributed by atoms with Crippen molar-refractivity contribution in [1.29, 1.82) is 0 Å². The standard InChI is InChI=1S/C25H29N3O3S/c1-16-12-17(2)23(18(3)13-16)22(29)15-32-25-27-26-24(19-7-9-20(30-4)10-8-19)28(25)14-21-6-5-11-31-21/h7-10,12-13,21H,5-6,11,14-15H2,1-4H3. The first-order chi connectivity index (χ1) is 15.5. The minimum atomic E-state index is 0.114. The third-order valence-electron chi connectivity index (χ3n) is 5.76. The van der Waals surface area contributed by atoms with E-state index in [1.165, 1.54) is 17.3 Å². The molecule has 2 heterocycles. The summed E-state index contributed by atoms with van der Waals surface area (Å²) in [7, 11) is 1.65. The lowest BCUT2D eigenvalue weighted by molar-refractivity contribution is 0.0953. The number of thioether (sulfide) groups is 1. The van der Waals surface area contributed by atoms with Crippen LogP contribution in [0.25, 0.3) is 11.4 Å². The Hall–Kier alpha value is -2.64. The van der Waals surface area contributed by atoms with Crippen molar-refractivity contribution < 1.29 is 14.3 Å². The second kappa shape index (κ2) is 9.88. The number of carbonyl (C=O) groups excluding carboxylic acids is 1. The number of aryl methyl sites for hydroxylation is 3. The van der Waals surface area contributed by atoms with Gasteiger partial charge in [-0.25, -0.2) is 0 Å². The molecule has 1 saturated heterocycles. The number of carbonyl (C=O) groups is 1. The van der Waals surface area contributed by atoms with Crippen LogP contribution in [0.3, 0.4) is 0 Å². The highest BCUT2D eigenvalue weighted by atomic mass is 32.2. The van der Waals surface area contributed by atoms with E-state index in [9.17, 15) is 4.79 Å². The second-order valence-electron chi connectivity index (χ2n) is 8.27. The van der Waals surface area contributed by atoms with E-state index in [1.54, 1.807) is 7.11 Å². The molecule has 3 aromatic rings. The molecule has 1 aromatic heterocycles. The summed E-state index contributed by atoms with van der Waals surface area (Å²) in [6.07, 6.45) is 2.22. The molecule has 0 aliphatic carbocycles. The van der Waals surface area contributed by atoms with Gasteiger partial charge in [-0.3, -0.25) is 9.36 Å². The molecule has 1 aliphatic rings. The molecule has 1 atom stereocenters. The van der Waals surface area contributed by atoms with Crippen molar-refractivity contribution in [3.05, 3.63) is 58.7 Å². The first-order valence-corrected chi connectivity index (χ1v) is 11.9. The molecule has 168 valence electrons. The summed E-state index contributed by atoms with van der Waals surface area (Å²) in [4.78, 5) is 13.1. The van der Waals surface area contributed by atoms with E-state index < -0.39 is 0 Å². The molecule has 6 nitrogen and oxygen atoms in total. The largest absolute Gasteiger partial charge is 0.497 e. The monoisotopic (exact) mass is 451 g/mol. The summed E-state index contributed by atoms with van der Waals surface area (Å²) in [5, 5.41) is 9.64. The van der Waals surface area contributed by atoms with E-state index in [4.69, 9.17) is 9.47 Å². The van der Waals surface area contributed by atoms with Crippen LogP contribution in [0.15, 0.2) is 41.6 Å². The number of hydrogen-bond acceptors (Lipinski definition) is 6. The van der Waals surface area contributed by atoms with Gasteiger partial charge in [-0.2, -0.15) is 0 Å². The molecule has 0 spiro atoms. The van der Waals surface area contributed by atoms with Crippen LogP contribution < -0.4 is 4.74 Å². The molecule has 1 aliphatic heterocycles. The van der Waals surface area contributed by atoms with E-state index in [1.807, 2.05) is 38.1 Å². The maximum atomic E-state index is 13.1.